The van der Waals surface area contributed by atoms with Crippen LogP contribution < -0.4 is 0 Å². The molecule has 0 aliphatic heterocycles. The minimum atomic E-state index is -0.306. The van der Waals surface area contributed by atoms with Crippen LogP contribution in [0.2, 0.25) is 0 Å². The number of aromatic nitrogens is 2. The smallest absolute Gasteiger partial charge is 0.145 e. The minimum Gasteiger partial charge on any atom is -0.268 e. The zero-order valence-electron chi connectivity index (χ0n) is 7.50. The summed E-state index contributed by atoms with van der Waals surface area (Å²) in [6, 6.07) is 6.78. The fourth-order valence-corrected chi connectivity index (χ4v) is 1.80. The van der Waals surface area contributed by atoms with E-state index in [9.17, 15) is 4.39 Å². The molecule has 1 aromatic carbocycles. The second-order valence-corrected chi connectivity index (χ2v) is 4.23. The molecule has 0 aliphatic rings. The SMILES string of the molecule is Fc1c(Br)cccc1-c1cn[nH]c(=S)c1. The number of rotatable bonds is 1. The molecule has 1 N–H and O–H groups in total. The zero-order chi connectivity index (χ0) is 10.8. The molecule has 76 valence electrons. The Bertz CT molecular complexity index is 553. The molecule has 0 bridgehead atoms. The van der Waals surface area contributed by atoms with E-state index in [2.05, 4.69) is 26.1 Å². The number of nitrogens with zero attached hydrogens (tertiary/aromatic N) is 1. The quantitative estimate of drug-likeness (QED) is 0.809. The van der Waals surface area contributed by atoms with E-state index in [1.54, 1.807) is 30.5 Å². The normalized spacial score (nSPS) is 10.3. The van der Waals surface area contributed by atoms with Gasteiger partial charge >= 0.3 is 0 Å². The van der Waals surface area contributed by atoms with Crippen molar-refractivity contribution >= 4 is 28.1 Å². The van der Waals surface area contributed by atoms with Crippen LogP contribution in [-0.2, 0) is 0 Å². The molecule has 0 saturated heterocycles. The van der Waals surface area contributed by atoms with E-state index in [0.717, 1.165) is 0 Å². The molecule has 0 atom stereocenters. The topological polar surface area (TPSA) is 28.7 Å². The van der Waals surface area contributed by atoms with Gasteiger partial charge in [0.2, 0.25) is 0 Å². The van der Waals surface area contributed by atoms with Crippen molar-refractivity contribution in [2.24, 2.45) is 0 Å². The number of hydrogen-bond donors (Lipinski definition) is 1. The van der Waals surface area contributed by atoms with Gasteiger partial charge in [0.1, 0.15) is 10.5 Å². The highest BCUT2D eigenvalue weighted by Gasteiger charge is 2.07. The third kappa shape index (κ3) is 2.13. The summed E-state index contributed by atoms with van der Waals surface area (Å²) in [7, 11) is 0. The number of nitrogens with one attached hydrogen (secondary N) is 1. The number of hydrogen-bond acceptors (Lipinski definition) is 2. The van der Waals surface area contributed by atoms with Crippen LogP contribution in [0.3, 0.4) is 0 Å². The molecule has 1 heterocycles. The molecule has 2 rings (SSSR count). The molecule has 0 amide bonds. The van der Waals surface area contributed by atoms with Gasteiger partial charge in [-0.05, 0) is 28.1 Å². The molecule has 0 spiro atoms. The maximum atomic E-state index is 13.7. The van der Waals surface area contributed by atoms with Crippen LogP contribution in [0.4, 0.5) is 4.39 Å². The molecule has 2 aromatic rings. The second kappa shape index (κ2) is 4.20. The lowest BCUT2D eigenvalue weighted by Gasteiger charge is -2.03. The molecule has 0 radical (unpaired) electrons. The van der Waals surface area contributed by atoms with Gasteiger partial charge in [-0.2, -0.15) is 5.10 Å². The van der Waals surface area contributed by atoms with Crippen LogP contribution in [0.5, 0.6) is 0 Å². The summed E-state index contributed by atoms with van der Waals surface area (Å²) < 4.78 is 14.6. The van der Waals surface area contributed by atoms with Crippen LogP contribution in [0.1, 0.15) is 0 Å². The zero-order valence-corrected chi connectivity index (χ0v) is 9.90. The summed E-state index contributed by atoms with van der Waals surface area (Å²) >= 11 is 8.06. The Morgan fingerprint density at radius 1 is 1.40 bits per heavy atom. The van der Waals surface area contributed by atoms with Crippen molar-refractivity contribution < 1.29 is 4.39 Å². The van der Waals surface area contributed by atoms with Gasteiger partial charge in [0.05, 0.1) is 10.7 Å². The van der Waals surface area contributed by atoms with Crippen molar-refractivity contribution in [3.05, 3.63) is 45.4 Å². The van der Waals surface area contributed by atoms with E-state index in [0.29, 0.717) is 20.2 Å². The molecule has 0 unspecified atom stereocenters. The Morgan fingerprint density at radius 3 is 2.93 bits per heavy atom. The summed E-state index contributed by atoms with van der Waals surface area (Å²) in [6.07, 6.45) is 1.54. The molecule has 0 saturated carbocycles. The average molecular weight is 285 g/mol. The first-order valence-electron chi connectivity index (χ1n) is 4.17. The highest BCUT2D eigenvalue weighted by molar-refractivity contribution is 9.10. The number of H-pyrrole nitrogens is 1. The average Bonchev–Trinajstić information content (AvgIpc) is 2.22. The Labute approximate surface area is 99.3 Å². The van der Waals surface area contributed by atoms with E-state index in [1.807, 2.05) is 0 Å². The molecule has 15 heavy (non-hydrogen) atoms. The lowest BCUT2D eigenvalue weighted by Crippen LogP contribution is -1.88. The predicted molar refractivity (Wildman–Crippen MR) is 62.5 cm³/mol. The molecular formula is C10H6BrFN2S. The Morgan fingerprint density at radius 2 is 2.20 bits per heavy atom. The van der Waals surface area contributed by atoms with Crippen LogP contribution >= 0.6 is 28.1 Å². The molecule has 0 aliphatic carbocycles. The number of aromatic amines is 1. The number of benzene rings is 1. The van der Waals surface area contributed by atoms with Crippen molar-refractivity contribution in [3.8, 4) is 11.1 Å². The van der Waals surface area contributed by atoms with E-state index in [4.69, 9.17) is 12.2 Å². The Hall–Kier alpha value is -1.07. The van der Waals surface area contributed by atoms with Crippen LogP contribution in [-0.4, -0.2) is 10.2 Å². The fourth-order valence-electron chi connectivity index (χ4n) is 1.25. The van der Waals surface area contributed by atoms with Gasteiger partial charge in [-0.3, -0.25) is 5.10 Å². The monoisotopic (exact) mass is 284 g/mol. The van der Waals surface area contributed by atoms with Crippen LogP contribution in [0, 0.1) is 10.5 Å². The second-order valence-electron chi connectivity index (χ2n) is 2.94. The summed E-state index contributed by atoms with van der Waals surface area (Å²) in [5, 5.41) is 6.43. The maximum Gasteiger partial charge on any atom is 0.145 e. The summed E-state index contributed by atoms with van der Waals surface area (Å²) in [5.74, 6) is -0.306. The summed E-state index contributed by atoms with van der Waals surface area (Å²) in [5.41, 5.74) is 1.15. The highest BCUT2D eigenvalue weighted by atomic mass is 79.9. The van der Waals surface area contributed by atoms with Crippen LogP contribution in [0.25, 0.3) is 11.1 Å². The van der Waals surface area contributed by atoms with E-state index in [1.165, 1.54) is 0 Å². The standard InChI is InChI=1S/C10H6BrFN2S/c11-8-3-1-2-7(10(8)12)6-4-9(15)14-13-5-6/h1-5H,(H,14,15). The summed E-state index contributed by atoms with van der Waals surface area (Å²) in [4.78, 5) is 0. The van der Waals surface area contributed by atoms with Crippen molar-refractivity contribution in [1.29, 1.82) is 0 Å². The van der Waals surface area contributed by atoms with Crippen LogP contribution in [0.15, 0.2) is 34.9 Å². The number of halogens is 2. The first-order chi connectivity index (χ1) is 7.18. The molecule has 0 fully saturated rings. The maximum absolute atomic E-state index is 13.7. The van der Waals surface area contributed by atoms with Gasteiger partial charge in [0, 0.05) is 11.1 Å². The molecule has 1 aromatic heterocycles. The van der Waals surface area contributed by atoms with Gasteiger partial charge in [-0.15, -0.1) is 0 Å². The fraction of sp³-hybridized carbons (Fsp3) is 0. The predicted octanol–water partition coefficient (Wildman–Crippen LogP) is 3.71. The molecule has 2 nitrogen and oxygen atoms in total. The third-order valence-electron chi connectivity index (χ3n) is 1.93. The van der Waals surface area contributed by atoms with Gasteiger partial charge in [0.25, 0.3) is 0 Å². The molecule has 5 heteroatoms. The van der Waals surface area contributed by atoms with Crippen molar-refractivity contribution in [2.75, 3.05) is 0 Å². The first kappa shape index (κ1) is 10.4. The van der Waals surface area contributed by atoms with Crippen molar-refractivity contribution in [1.82, 2.24) is 10.2 Å². The Balaban J connectivity index is 2.64. The van der Waals surface area contributed by atoms with Gasteiger partial charge in [-0.25, -0.2) is 4.39 Å². The molecular weight excluding hydrogens is 279 g/mol. The highest BCUT2D eigenvalue weighted by Crippen LogP contribution is 2.26. The summed E-state index contributed by atoms with van der Waals surface area (Å²) in [6.45, 7) is 0. The van der Waals surface area contributed by atoms with Crippen molar-refractivity contribution in [2.45, 2.75) is 0 Å². The van der Waals surface area contributed by atoms with E-state index < -0.39 is 0 Å². The third-order valence-corrected chi connectivity index (χ3v) is 2.75. The first-order valence-corrected chi connectivity index (χ1v) is 5.38. The Kier molecular flexibility index (Phi) is 2.93. The lowest BCUT2D eigenvalue weighted by atomic mass is 10.1. The van der Waals surface area contributed by atoms with Gasteiger partial charge < -0.3 is 0 Å². The van der Waals surface area contributed by atoms with Gasteiger partial charge in [0.15, 0.2) is 0 Å². The van der Waals surface area contributed by atoms with Gasteiger partial charge in [-0.1, -0.05) is 24.4 Å². The lowest BCUT2D eigenvalue weighted by molar-refractivity contribution is 0.624. The van der Waals surface area contributed by atoms with E-state index in [-0.39, 0.29) is 5.82 Å². The van der Waals surface area contributed by atoms with Crippen molar-refractivity contribution in [3.63, 3.8) is 0 Å². The largest absolute Gasteiger partial charge is 0.268 e. The van der Waals surface area contributed by atoms with E-state index >= 15 is 0 Å². The minimum absolute atomic E-state index is 0.306.